The van der Waals surface area contributed by atoms with Gasteiger partial charge in [0.25, 0.3) is 0 Å². The fraction of sp³-hybridized carbons (Fsp3) is 0.533. The fourth-order valence-corrected chi connectivity index (χ4v) is 3.55. The van der Waals surface area contributed by atoms with E-state index in [1.165, 1.54) is 31.2 Å². The molecule has 1 aromatic carbocycles. The van der Waals surface area contributed by atoms with Crippen molar-refractivity contribution in [1.29, 1.82) is 5.26 Å². The van der Waals surface area contributed by atoms with Crippen LogP contribution in [0.25, 0.3) is 0 Å². The highest BCUT2D eigenvalue weighted by atomic mass is 32.2. The molecule has 18 heavy (non-hydrogen) atoms. The quantitative estimate of drug-likeness (QED) is 0.893. The van der Waals surface area contributed by atoms with Crippen LogP contribution < -0.4 is 5.32 Å². The first kappa shape index (κ1) is 13.3. The molecular weight excluding hydrogens is 240 g/mol. The van der Waals surface area contributed by atoms with Crippen molar-refractivity contribution in [3.05, 3.63) is 29.3 Å². The van der Waals surface area contributed by atoms with Gasteiger partial charge in [-0.15, -0.1) is 0 Å². The summed E-state index contributed by atoms with van der Waals surface area (Å²) in [4.78, 5) is 0. The summed E-state index contributed by atoms with van der Waals surface area (Å²) >= 11 is 1.95. The Morgan fingerprint density at radius 2 is 2.11 bits per heavy atom. The van der Waals surface area contributed by atoms with E-state index in [4.69, 9.17) is 5.26 Å². The Kier molecular flexibility index (Phi) is 4.54. The topological polar surface area (TPSA) is 35.8 Å². The van der Waals surface area contributed by atoms with Crippen molar-refractivity contribution in [2.45, 2.75) is 43.9 Å². The van der Waals surface area contributed by atoms with Crippen LogP contribution >= 0.6 is 11.8 Å². The molecule has 0 spiro atoms. The monoisotopic (exact) mass is 260 g/mol. The van der Waals surface area contributed by atoms with E-state index in [0.717, 1.165) is 11.3 Å². The van der Waals surface area contributed by atoms with Crippen LogP contribution in [0.4, 0.5) is 5.69 Å². The highest BCUT2D eigenvalue weighted by molar-refractivity contribution is 7.99. The van der Waals surface area contributed by atoms with Gasteiger partial charge in [-0.2, -0.15) is 17.0 Å². The van der Waals surface area contributed by atoms with Crippen molar-refractivity contribution in [1.82, 2.24) is 0 Å². The molecular formula is C15H20N2S. The van der Waals surface area contributed by atoms with Crippen LogP contribution in [0.15, 0.2) is 18.2 Å². The molecule has 0 aromatic heterocycles. The number of nitriles is 1. The first-order chi connectivity index (χ1) is 8.74. The standard InChI is InChI=1S/C15H20N2S/c1-11-7-8-12(10-16)14(9-11)17-13-5-3-4-6-15(13)18-2/h7-9,13,15,17H,3-6H2,1-2H3. The average Bonchev–Trinajstić information content (AvgIpc) is 2.40. The second-order valence-electron chi connectivity index (χ2n) is 4.97. The number of nitrogens with zero attached hydrogens (tertiary/aromatic N) is 1. The van der Waals surface area contributed by atoms with E-state index in [1.54, 1.807) is 0 Å². The van der Waals surface area contributed by atoms with Crippen LogP contribution in [0.5, 0.6) is 0 Å². The number of nitrogens with one attached hydrogen (secondary N) is 1. The molecule has 2 rings (SSSR count). The Labute approximate surface area is 114 Å². The van der Waals surface area contributed by atoms with E-state index in [1.807, 2.05) is 23.9 Å². The molecule has 0 bridgehead atoms. The van der Waals surface area contributed by atoms with Crippen LogP contribution in [0, 0.1) is 18.3 Å². The van der Waals surface area contributed by atoms with Gasteiger partial charge in [0.1, 0.15) is 6.07 Å². The van der Waals surface area contributed by atoms with Gasteiger partial charge in [0.15, 0.2) is 0 Å². The third-order valence-electron chi connectivity index (χ3n) is 3.64. The fourth-order valence-electron chi connectivity index (χ4n) is 2.62. The zero-order valence-corrected chi connectivity index (χ0v) is 11.9. The average molecular weight is 260 g/mol. The summed E-state index contributed by atoms with van der Waals surface area (Å²) in [5.74, 6) is 0. The molecule has 1 aromatic rings. The van der Waals surface area contributed by atoms with Crippen LogP contribution in [-0.2, 0) is 0 Å². The SMILES string of the molecule is CSC1CCCCC1Nc1cc(C)ccc1C#N. The van der Waals surface area contributed by atoms with E-state index < -0.39 is 0 Å². The van der Waals surface area contributed by atoms with E-state index in [0.29, 0.717) is 11.3 Å². The molecule has 1 N–H and O–H groups in total. The largest absolute Gasteiger partial charge is 0.380 e. The molecule has 2 unspecified atom stereocenters. The lowest BCUT2D eigenvalue weighted by molar-refractivity contribution is 0.475. The summed E-state index contributed by atoms with van der Waals surface area (Å²) in [5.41, 5.74) is 2.96. The van der Waals surface area contributed by atoms with Gasteiger partial charge < -0.3 is 5.32 Å². The first-order valence-electron chi connectivity index (χ1n) is 6.54. The minimum atomic E-state index is 0.502. The molecule has 1 aliphatic rings. The van der Waals surface area contributed by atoms with Gasteiger partial charge >= 0.3 is 0 Å². The van der Waals surface area contributed by atoms with Gasteiger partial charge in [0, 0.05) is 11.3 Å². The first-order valence-corrected chi connectivity index (χ1v) is 7.83. The molecule has 0 heterocycles. The maximum atomic E-state index is 9.17. The lowest BCUT2D eigenvalue weighted by atomic mass is 9.94. The summed E-state index contributed by atoms with van der Waals surface area (Å²) in [6.07, 6.45) is 7.31. The minimum absolute atomic E-state index is 0.502. The summed E-state index contributed by atoms with van der Waals surface area (Å²) in [6, 6.07) is 8.77. The number of hydrogen-bond donors (Lipinski definition) is 1. The van der Waals surface area contributed by atoms with Crippen molar-refractivity contribution < 1.29 is 0 Å². The second-order valence-corrected chi connectivity index (χ2v) is 6.05. The molecule has 1 saturated carbocycles. The van der Waals surface area contributed by atoms with E-state index in [-0.39, 0.29) is 0 Å². The summed E-state index contributed by atoms with van der Waals surface area (Å²) < 4.78 is 0. The molecule has 0 amide bonds. The predicted molar refractivity (Wildman–Crippen MR) is 79.1 cm³/mol. The van der Waals surface area contributed by atoms with Crippen molar-refractivity contribution >= 4 is 17.4 Å². The van der Waals surface area contributed by atoms with Crippen molar-refractivity contribution in [3.8, 4) is 6.07 Å². The third-order valence-corrected chi connectivity index (χ3v) is 4.81. The third kappa shape index (κ3) is 3.00. The van der Waals surface area contributed by atoms with Crippen molar-refractivity contribution in [3.63, 3.8) is 0 Å². The molecule has 0 saturated heterocycles. The number of rotatable bonds is 3. The van der Waals surface area contributed by atoms with Crippen LogP contribution in [-0.4, -0.2) is 17.5 Å². The Bertz CT molecular complexity index is 450. The van der Waals surface area contributed by atoms with Gasteiger partial charge in [0.05, 0.1) is 11.3 Å². The van der Waals surface area contributed by atoms with Gasteiger partial charge in [-0.1, -0.05) is 18.9 Å². The van der Waals surface area contributed by atoms with E-state index in [2.05, 4.69) is 30.6 Å². The Hall–Kier alpha value is -1.14. The molecule has 3 heteroatoms. The Morgan fingerprint density at radius 3 is 2.83 bits per heavy atom. The van der Waals surface area contributed by atoms with Crippen molar-refractivity contribution in [2.24, 2.45) is 0 Å². The van der Waals surface area contributed by atoms with Gasteiger partial charge in [-0.25, -0.2) is 0 Å². The molecule has 96 valence electrons. The number of benzene rings is 1. The molecule has 2 nitrogen and oxygen atoms in total. The maximum absolute atomic E-state index is 9.17. The minimum Gasteiger partial charge on any atom is -0.380 e. The van der Waals surface area contributed by atoms with Crippen molar-refractivity contribution in [2.75, 3.05) is 11.6 Å². The highest BCUT2D eigenvalue weighted by Gasteiger charge is 2.24. The predicted octanol–water partition coefficient (Wildman–Crippen LogP) is 3.95. The second kappa shape index (κ2) is 6.15. The lowest BCUT2D eigenvalue weighted by Gasteiger charge is -2.32. The Morgan fingerprint density at radius 1 is 1.33 bits per heavy atom. The zero-order valence-electron chi connectivity index (χ0n) is 11.1. The number of hydrogen-bond acceptors (Lipinski definition) is 3. The van der Waals surface area contributed by atoms with Gasteiger partial charge in [0.2, 0.25) is 0 Å². The van der Waals surface area contributed by atoms with E-state index in [9.17, 15) is 0 Å². The molecule has 1 fully saturated rings. The smallest absolute Gasteiger partial charge is 0.101 e. The lowest BCUT2D eigenvalue weighted by Crippen LogP contribution is -2.34. The van der Waals surface area contributed by atoms with Gasteiger partial charge in [-0.05, 0) is 43.7 Å². The normalized spacial score (nSPS) is 23.4. The summed E-state index contributed by atoms with van der Waals surface area (Å²) in [5, 5.41) is 13.4. The summed E-state index contributed by atoms with van der Waals surface area (Å²) in [6.45, 7) is 2.07. The number of thioether (sulfide) groups is 1. The van der Waals surface area contributed by atoms with Gasteiger partial charge in [-0.3, -0.25) is 0 Å². The maximum Gasteiger partial charge on any atom is 0.101 e. The highest BCUT2D eigenvalue weighted by Crippen LogP contribution is 2.30. The Balaban J connectivity index is 2.17. The van der Waals surface area contributed by atoms with Crippen LogP contribution in [0.2, 0.25) is 0 Å². The number of aryl methyl sites for hydroxylation is 1. The number of anilines is 1. The van der Waals surface area contributed by atoms with Crippen LogP contribution in [0.1, 0.15) is 36.8 Å². The molecule has 0 aliphatic heterocycles. The molecule has 1 aliphatic carbocycles. The summed E-state index contributed by atoms with van der Waals surface area (Å²) in [7, 11) is 0. The van der Waals surface area contributed by atoms with Crippen LogP contribution in [0.3, 0.4) is 0 Å². The zero-order chi connectivity index (χ0) is 13.0. The van der Waals surface area contributed by atoms with E-state index >= 15 is 0 Å². The molecule has 2 atom stereocenters. The molecule has 0 radical (unpaired) electrons.